The highest BCUT2D eigenvalue weighted by Crippen LogP contribution is 2.25. The molecule has 0 atom stereocenters. The summed E-state index contributed by atoms with van der Waals surface area (Å²) < 4.78 is 9.71. The van der Waals surface area contributed by atoms with Gasteiger partial charge in [-0.1, -0.05) is 24.3 Å². The molecule has 2 aromatic rings. The van der Waals surface area contributed by atoms with Gasteiger partial charge in [0.05, 0.1) is 9.85 Å². The van der Waals surface area contributed by atoms with E-state index < -0.39 is 34.9 Å². The molecule has 140 valence electrons. The lowest BCUT2D eigenvalue weighted by Crippen LogP contribution is -2.24. The molecule has 0 fully saturated rings. The van der Waals surface area contributed by atoms with E-state index in [9.17, 15) is 29.8 Å². The second-order valence-corrected chi connectivity index (χ2v) is 5.00. The molecule has 2 rings (SSSR count). The second kappa shape index (κ2) is 8.89. The average molecular weight is 375 g/mol. The number of nitro groups is 2. The van der Waals surface area contributed by atoms with Gasteiger partial charge < -0.3 is 14.8 Å². The zero-order chi connectivity index (χ0) is 19.8. The van der Waals surface area contributed by atoms with Gasteiger partial charge in [0, 0.05) is 12.1 Å². The Kier molecular flexibility index (Phi) is 6.36. The number of para-hydroxylation sites is 4. The number of hydrogen-bond acceptors (Lipinski definition) is 8. The summed E-state index contributed by atoms with van der Waals surface area (Å²) in [5.41, 5.74) is -0.670. The van der Waals surface area contributed by atoms with Crippen LogP contribution in [0.2, 0.25) is 0 Å². The maximum absolute atomic E-state index is 11.8. The number of ether oxygens (including phenoxy) is 2. The molecule has 0 unspecified atom stereocenters. The molecule has 0 bridgehead atoms. The number of carbonyl (C=O) groups excluding carboxylic acids is 2. The van der Waals surface area contributed by atoms with Crippen molar-refractivity contribution in [2.45, 2.75) is 0 Å². The van der Waals surface area contributed by atoms with Crippen LogP contribution in [-0.2, 0) is 14.3 Å². The standard InChI is InChI=1S/C16H13N3O8/c20-15(17-11-5-1-2-6-12(11)18(22)23)9-27-16(21)10-26-14-8-4-3-7-13(14)19(24)25/h1-8H,9-10H2,(H,17,20). The van der Waals surface area contributed by atoms with Crippen molar-refractivity contribution in [3.8, 4) is 5.75 Å². The third-order valence-electron chi connectivity index (χ3n) is 3.15. The number of nitrogens with zero attached hydrogens (tertiary/aromatic N) is 2. The van der Waals surface area contributed by atoms with Crippen LogP contribution in [0.25, 0.3) is 0 Å². The zero-order valence-electron chi connectivity index (χ0n) is 13.7. The Morgan fingerprint density at radius 3 is 2.15 bits per heavy atom. The van der Waals surface area contributed by atoms with Crippen molar-refractivity contribution >= 4 is 28.9 Å². The third kappa shape index (κ3) is 5.49. The molecule has 0 radical (unpaired) electrons. The molecular formula is C16H13N3O8. The van der Waals surface area contributed by atoms with Crippen molar-refractivity contribution in [3.05, 3.63) is 68.8 Å². The van der Waals surface area contributed by atoms with E-state index in [1.807, 2.05) is 0 Å². The number of rotatable bonds is 8. The van der Waals surface area contributed by atoms with Crippen LogP contribution in [-0.4, -0.2) is 34.9 Å². The Bertz CT molecular complexity index is 883. The Labute approximate surface area is 151 Å². The Morgan fingerprint density at radius 1 is 0.889 bits per heavy atom. The Hall–Kier alpha value is -4.02. The van der Waals surface area contributed by atoms with Crippen molar-refractivity contribution in [3.63, 3.8) is 0 Å². The predicted octanol–water partition coefficient (Wildman–Crippen LogP) is 2.06. The number of benzene rings is 2. The molecule has 0 aliphatic heterocycles. The van der Waals surface area contributed by atoms with Crippen LogP contribution in [0.3, 0.4) is 0 Å². The highest BCUT2D eigenvalue weighted by atomic mass is 16.6. The predicted molar refractivity (Wildman–Crippen MR) is 91.3 cm³/mol. The fraction of sp³-hybridized carbons (Fsp3) is 0.125. The summed E-state index contributed by atoms with van der Waals surface area (Å²) in [5, 5.41) is 24.0. The van der Waals surface area contributed by atoms with E-state index in [2.05, 4.69) is 10.1 Å². The van der Waals surface area contributed by atoms with Crippen molar-refractivity contribution in [2.24, 2.45) is 0 Å². The van der Waals surface area contributed by atoms with E-state index in [-0.39, 0.29) is 22.8 Å². The minimum absolute atomic E-state index is 0.0419. The summed E-state index contributed by atoms with van der Waals surface area (Å²) >= 11 is 0. The molecule has 0 aromatic heterocycles. The van der Waals surface area contributed by atoms with E-state index in [4.69, 9.17) is 4.74 Å². The minimum atomic E-state index is -0.939. The summed E-state index contributed by atoms with van der Waals surface area (Å²) in [4.78, 5) is 43.8. The number of esters is 1. The lowest BCUT2D eigenvalue weighted by molar-refractivity contribution is -0.385. The van der Waals surface area contributed by atoms with E-state index in [1.54, 1.807) is 0 Å². The molecule has 0 spiro atoms. The van der Waals surface area contributed by atoms with Crippen LogP contribution >= 0.6 is 0 Å². The van der Waals surface area contributed by atoms with Gasteiger partial charge in [-0.05, 0) is 12.1 Å². The fourth-order valence-electron chi connectivity index (χ4n) is 1.98. The van der Waals surface area contributed by atoms with E-state index in [0.29, 0.717) is 0 Å². The van der Waals surface area contributed by atoms with Gasteiger partial charge in [0.15, 0.2) is 19.0 Å². The number of carbonyl (C=O) groups is 2. The van der Waals surface area contributed by atoms with E-state index >= 15 is 0 Å². The SMILES string of the molecule is O=C(COC(=O)COc1ccccc1[N+](=O)[O-])Nc1ccccc1[N+](=O)[O-]. The highest BCUT2D eigenvalue weighted by Gasteiger charge is 2.17. The number of nitro benzene ring substituents is 2. The van der Waals surface area contributed by atoms with Crippen LogP contribution in [0.4, 0.5) is 17.1 Å². The fourth-order valence-corrected chi connectivity index (χ4v) is 1.98. The second-order valence-electron chi connectivity index (χ2n) is 5.00. The smallest absolute Gasteiger partial charge is 0.344 e. The molecular weight excluding hydrogens is 362 g/mol. The van der Waals surface area contributed by atoms with Gasteiger partial charge in [0.25, 0.3) is 11.6 Å². The Balaban J connectivity index is 1.85. The molecule has 2 aromatic carbocycles. The molecule has 1 N–H and O–H groups in total. The van der Waals surface area contributed by atoms with Gasteiger partial charge in [0.1, 0.15) is 5.69 Å². The summed E-state index contributed by atoms with van der Waals surface area (Å²) in [6.45, 7) is -1.35. The molecule has 0 aliphatic rings. The van der Waals surface area contributed by atoms with Gasteiger partial charge in [0.2, 0.25) is 0 Å². The normalized spacial score (nSPS) is 9.93. The number of amides is 1. The third-order valence-corrected chi connectivity index (χ3v) is 3.15. The zero-order valence-corrected chi connectivity index (χ0v) is 13.7. The summed E-state index contributed by atoms with van der Waals surface area (Å²) in [7, 11) is 0. The van der Waals surface area contributed by atoms with Gasteiger partial charge >= 0.3 is 11.7 Å². The van der Waals surface area contributed by atoms with Crippen LogP contribution in [0.1, 0.15) is 0 Å². The van der Waals surface area contributed by atoms with Crippen LogP contribution in [0.5, 0.6) is 5.75 Å². The highest BCUT2D eigenvalue weighted by molar-refractivity contribution is 5.94. The lowest BCUT2D eigenvalue weighted by atomic mass is 10.2. The minimum Gasteiger partial charge on any atom is -0.475 e. The first-order valence-corrected chi connectivity index (χ1v) is 7.43. The number of nitrogens with one attached hydrogen (secondary N) is 1. The number of hydrogen-bond donors (Lipinski definition) is 1. The monoisotopic (exact) mass is 375 g/mol. The maximum atomic E-state index is 11.8. The molecule has 11 nitrogen and oxygen atoms in total. The summed E-state index contributed by atoms with van der Waals surface area (Å²) in [6, 6.07) is 10.9. The largest absolute Gasteiger partial charge is 0.475 e. The first kappa shape index (κ1) is 19.3. The van der Waals surface area contributed by atoms with Gasteiger partial charge in [-0.3, -0.25) is 25.0 Å². The van der Waals surface area contributed by atoms with E-state index in [0.717, 1.165) is 0 Å². The lowest BCUT2D eigenvalue weighted by Gasteiger charge is -2.08. The molecule has 11 heteroatoms. The van der Waals surface area contributed by atoms with Crippen LogP contribution < -0.4 is 10.1 Å². The van der Waals surface area contributed by atoms with Gasteiger partial charge in [-0.15, -0.1) is 0 Å². The van der Waals surface area contributed by atoms with Gasteiger partial charge in [-0.25, -0.2) is 4.79 Å². The maximum Gasteiger partial charge on any atom is 0.344 e. The van der Waals surface area contributed by atoms with Crippen molar-refractivity contribution < 1.29 is 28.9 Å². The van der Waals surface area contributed by atoms with E-state index in [1.165, 1.54) is 48.5 Å². The molecule has 0 saturated heterocycles. The molecule has 0 aliphatic carbocycles. The first-order valence-electron chi connectivity index (χ1n) is 7.43. The van der Waals surface area contributed by atoms with Gasteiger partial charge in [-0.2, -0.15) is 0 Å². The average Bonchev–Trinajstić information content (AvgIpc) is 2.65. The number of anilines is 1. The first-order chi connectivity index (χ1) is 12.9. The van der Waals surface area contributed by atoms with Crippen molar-refractivity contribution in [1.82, 2.24) is 0 Å². The quantitative estimate of drug-likeness (QED) is 0.418. The van der Waals surface area contributed by atoms with Crippen molar-refractivity contribution in [1.29, 1.82) is 0 Å². The van der Waals surface area contributed by atoms with Crippen LogP contribution in [0.15, 0.2) is 48.5 Å². The molecule has 0 heterocycles. The van der Waals surface area contributed by atoms with Crippen LogP contribution in [0, 0.1) is 20.2 Å². The molecule has 27 heavy (non-hydrogen) atoms. The summed E-state index contributed by atoms with van der Waals surface area (Å²) in [5.74, 6) is -1.85. The topological polar surface area (TPSA) is 151 Å². The summed E-state index contributed by atoms with van der Waals surface area (Å²) in [6.07, 6.45) is 0. The molecule has 1 amide bonds. The molecule has 0 saturated carbocycles. The Morgan fingerprint density at radius 2 is 1.48 bits per heavy atom. The van der Waals surface area contributed by atoms with Crippen molar-refractivity contribution in [2.75, 3.05) is 18.5 Å².